The number of nitrogens with two attached hydrogens (primary N) is 1. The summed E-state index contributed by atoms with van der Waals surface area (Å²) in [5.41, 5.74) is 7.61. The molecule has 11 N–H and O–H groups in total. The summed E-state index contributed by atoms with van der Waals surface area (Å²) in [6, 6.07) is 12.2. The van der Waals surface area contributed by atoms with Crippen molar-refractivity contribution in [3.05, 3.63) is 71.8 Å². The molecular formula is C48H67N7O14S2. The van der Waals surface area contributed by atoms with Crippen LogP contribution in [0.1, 0.15) is 102 Å². The number of unbranched alkanes of at least 4 members (excludes halogenated alkanes) is 5. The summed E-state index contributed by atoms with van der Waals surface area (Å²) < 4.78 is 4.76. The minimum Gasteiger partial charge on any atom is -0.481 e. The van der Waals surface area contributed by atoms with E-state index >= 15 is 0 Å². The SMILES string of the molecule is C[C@H](NC(=O)C(N)CNC(=O)[C@@H](CC(=O)[C@H](Cc1ccccc1)NC(=O)CCCCCCCCC(=O)CC[C@@H](NC(=S)N[C@H](CCC(=O)O)OC=O)C(=O)O)Cc1ccccc1)C(=O)N[C@@H](CS)C(=O)O. The first kappa shape index (κ1) is 60.7. The van der Waals surface area contributed by atoms with Gasteiger partial charge in [-0.25, -0.2) is 9.59 Å². The number of carbonyl (C=O) groups excluding carboxylic acids is 7. The molecule has 71 heavy (non-hydrogen) atoms. The van der Waals surface area contributed by atoms with Crippen molar-refractivity contribution >= 4 is 89.5 Å². The summed E-state index contributed by atoms with van der Waals surface area (Å²) in [6.45, 7) is 1.11. The molecule has 0 saturated carbocycles. The van der Waals surface area contributed by atoms with Gasteiger partial charge < -0.3 is 57.7 Å². The average Bonchev–Trinajstić information content (AvgIpc) is 3.33. The zero-order valence-corrected chi connectivity index (χ0v) is 41.4. The fourth-order valence-corrected chi connectivity index (χ4v) is 7.58. The summed E-state index contributed by atoms with van der Waals surface area (Å²) in [5, 5.41) is 42.8. The van der Waals surface area contributed by atoms with Crippen LogP contribution in [-0.4, -0.2) is 129 Å². The molecule has 7 atom stereocenters. The van der Waals surface area contributed by atoms with Crippen molar-refractivity contribution in [3.8, 4) is 0 Å². The highest BCUT2D eigenvalue weighted by Crippen LogP contribution is 2.17. The molecule has 23 heteroatoms. The molecule has 0 aromatic heterocycles. The first-order valence-corrected chi connectivity index (χ1v) is 24.4. The Bertz CT molecular complexity index is 2090. The van der Waals surface area contributed by atoms with Crippen LogP contribution in [0.3, 0.4) is 0 Å². The van der Waals surface area contributed by atoms with Gasteiger partial charge in [0.25, 0.3) is 6.47 Å². The van der Waals surface area contributed by atoms with Crippen molar-refractivity contribution < 1.29 is 68.0 Å². The summed E-state index contributed by atoms with van der Waals surface area (Å²) in [5.74, 6) is -7.75. The number of amides is 4. The maximum absolute atomic E-state index is 14.1. The molecule has 0 aliphatic rings. The van der Waals surface area contributed by atoms with E-state index in [1.54, 1.807) is 24.3 Å². The van der Waals surface area contributed by atoms with Crippen LogP contribution in [0.4, 0.5) is 0 Å². The molecular weight excluding hydrogens is 963 g/mol. The van der Waals surface area contributed by atoms with Crippen LogP contribution in [0.2, 0.25) is 0 Å². The van der Waals surface area contributed by atoms with E-state index in [4.69, 9.17) is 27.8 Å². The maximum Gasteiger partial charge on any atom is 0.327 e. The molecule has 0 aliphatic heterocycles. The summed E-state index contributed by atoms with van der Waals surface area (Å²) in [6.07, 6.45) is 2.98. The summed E-state index contributed by atoms with van der Waals surface area (Å²) in [4.78, 5) is 124. The molecule has 0 radical (unpaired) electrons. The molecule has 2 rings (SSSR count). The number of hydrogen-bond donors (Lipinski definition) is 11. The molecule has 0 fully saturated rings. The number of carboxylic acids is 3. The zero-order valence-electron chi connectivity index (χ0n) is 39.7. The standard InChI is InChI=1S/C48H67N7O14S2/c1-30(43(62)53-38(28-70)47(67)68)51-45(64)35(49)27-50-44(63)33(24-31-14-8-6-9-15-31)26-39(58)37(25-32-16-10-7-11-17-32)52-40(59)19-13-5-3-2-4-12-18-34(57)20-21-36(46(65)66)54-48(71)55-41(69-29-56)22-23-42(60)61/h6-11,14-17,29-30,33,35-38,41,70H,2-5,12-13,18-28,49H2,1H3,(H,50,63)(H,51,64)(H,52,59)(H,53,62)(H,60,61)(H,65,66)(H,67,68)(H2,54,55,71)/t30-,33+,35?,36+,37-,38-,41-/m0/s1. The molecule has 0 saturated heterocycles. The number of thiocarbonyl (C=S) groups is 1. The Balaban J connectivity index is 1.90. The van der Waals surface area contributed by atoms with E-state index in [0.717, 1.165) is 30.4 Å². The number of thiol groups is 1. The van der Waals surface area contributed by atoms with Gasteiger partial charge >= 0.3 is 17.9 Å². The fourth-order valence-electron chi connectivity index (χ4n) is 7.06. The lowest BCUT2D eigenvalue weighted by Crippen LogP contribution is -2.55. The van der Waals surface area contributed by atoms with Crippen molar-refractivity contribution in [2.24, 2.45) is 11.7 Å². The molecule has 0 spiro atoms. The lowest BCUT2D eigenvalue weighted by molar-refractivity contribution is -0.141. The molecule has 21 nitrogen and oxygen atoms in total. The number of aliphatic carboxylic acids is 3. The lowest BCUT2D eigenvalue weighted by Gasteiger charge is -2.23. The van der Waals surface area contributed by atoms with Gasteiger partial charge in [0, 0.05) is 50.3 Å². The van der Waals surface area contributed by atoms with Crippen LogP contribution in [0.15, 0.2) is 60.7 Å². The fraction of sp³-hybridized carbons (Fsp3) is 0.521. The highest BCUT2D eigenvalue weighted by atomic mass is 32.1. The number of hydrogen-bond acceptors (Lipinski definition) is 14. The molecule has 390 valence electrons. The average molecular weight is 1030 g/mol. The number of rotatable bonds is 37. The smallest absolute Gasteiger partial charge is 0.327 e. The van der Waals surface area contributed by atoms with Gasteiger partial charge in [-0.3, -0.25) is 38.4 Å². The van der Waals surface area contributed by atoms with Gasteiger partial charge in [0.15, 0.2) is 17.1 Å². The quantitative estimate of drug-likeness (QED) is 0.0151. The van der Waals surface area contributed by atoms with Crippen molar-refractivity contribution in [2.75, 3.05) is 12.3 Å². The number of carbonyl (C=O) groups is 10. The van der Waals surface area contributed by atoms with Crippen molar-refractivity contribution in [3.63, 3.8) is 0 Å². The number of Topliss-reactive ketones (excluding diaryl/α,β-unsaturated/α-hetero) is 2. The molecule has 2 aromatic carbocycles. The second kappa shape index (κ2) is 34.0. The number of carboxylic acid groups (broad SMARTS) is 3. The highest BCUT2D eigenvalue weighted by molar-refractivity contribution is 7.80. The van der Waals surface area contributed by atoms with Crippen LogP contribution in [0.25, 0.3) is 0 Å². The first-order valence-electron chi connectivity index (χ1n) is 23.3. The summed E-state index contributed by atoms with van der Waals surface area (Å²) >= 11 is 8.99. The Kier molecular flexibility index (Phi) is 29.0. The van der Waals surface area contributed by atoms with Crippen LogP contribution >= 0.6 is 24.8 Å². The Morgan fingerprint density at radius 2 is 1.24 bits per heavy atom. The van der Waals surface area contributed by atoms with Crippen LogP contribution < -0.4 is 37.6 Å². The third-order valence-electron chi connectivity index (χ3n) is 11.1. The number of ether oxygens (including phenoxy) is 1. The zero-order chi connectivity index (χ0) is 52.7. The molecule has 0 bridgehead atoms. The molecule has 2 aromatic rings. The normalized spacial score (nSPS) is 13.8. The summed E-state index contributed by atoms with van der Waals surface area (Å²) in [7, 11) is 0. The van der Waals surface area contributed by atoms with Gasteiger partial charge in [-0.15, -0.1) is 0 Å². The number of nitrogens with one attached hydrogen (secondary N) is 6. The van der Waals surface area contributed by atoms with Crippen molar-refractivity contribution in [1.82, 2.24) is 31.9 Å². The topological polar surface area (TPSA) is 339 Å². The van der Waals surface area contributed by atoms with Gasteiger partial charge in [0.1, 0.15) is 30.0 Å². The van der Waals surface area contributed by atoms with E-state index < -0.39 is 78.0 Å². The largest absolute Gasteiger partial charge is 0.481 e. The second-order valence-electron chi connectivity index (χ2n) is 16.9. The molecule has 1 unspecified atom stereocenters. The lowest BCUT2D eigenvalue weighted by atomic mass is 9.89. The minimum absolute atomic E-state index is 0.0278. The number of ketones is 2. The van der Waals surface area contributed by atoms with E-state index in [1.807, 2.05) is 36.4 Å². The van der Waals surface area contributed by atoms with Crippen LogP contribution in [0.5, 0.6) is 0 Å². The third kappa shape index (κ3) is 25.8. The second-order valence-corrected chi connectivity index (χ2v) is 17.7. The Morgan fingerprint density at radius 1 is 0.662 bits per heavy atom. The van der Waals surface area contributed by atoms with Crippen LogP contribution in [-0.2, 0) is 65.5 Å². The van der Waals surface area contributed by atoms with Crippen molar-refractivity contribution in [2.45, 2.75) is 140 Å². The predicted molar refractivity (Wildman–Crippen MR) is 267 cm³/mol. The third-order valence-corrected chi connectivity index (χ3v) is 11.7. The van der Waals surface area contributed by atoms with Gasteiger partial charge in [-0.05, 0) is 62.4 Å². The molecule has 4 amide bonds. The Labute approximate surface area is 423 Å². The van der Waals surface area contributed by atoms with E-state index in [0.29, 0.717) is 19.3 Å². The monoisotopic (exact) mass is 1030 g/mol. The van der Waals surface area contributed by atoms with Crippen molar-refractivity contribution in [1.29, 1.82) is 0 Å². The molecule has 0 heterocycles. The van der Waals surface area contributed by atoms with E-state index in [9.17, 15) is 58.2 Å². The van der Waals surface area contributed by atoms with Gasteiger partial charge in [-0.2, -0.15) is 12.6 Å². The van der Waals surface area contributed by atoms with Gasteiger partial charge in [-0.1, -0.05) is 86.3 Å². The Hall–Kier alpha value is -6.46. The van der Waals surface area contributed by atoms with E-state index in [2.05, 4.69) is 44.5 Å². The molecule has 0 aliphatic carbocycles. The van der Waals surface area contributed by atoms with E-state index in [1.165, 1.54) is 6.92 Å². The van der Waals surface area contributed by atoms with Gasteiger partial charge in [0.2, 0.25) is 23.6 Å². The van der Waals surface area contributed by atoms with Gasteiger partial charge in [0.05, 0.1) is 12.5 Å². The van der Waals surface area contributed by atoms with Crippen LogP contribution in [0, 0.1) is 5.92 Å². The predicted octanol–water partition coefficient (Wildman–Crippen LogP) is 1.73. The maximum atomic E-state index is 14.1. The number of benzene rings is 2. The first-order chi connectivity index (χ1) is 33.8. The Morgan fingerprint density at radius 3 is 1.80 bits per heavy atom. The van der Waals surface area contributed by atoms with E-state index in [-0.39, 0.29) is 99.1 Å². The minimum atomic E-state index is -1.31. The highest BCUT2D eigenvalue weighted by Gasteiger charge is 2.30.